The zero-order valence-corrected chi connectivity index (χ0v) is 10.9. The van der Waals surface area contributed by atoms with E-state index in [9.17, 15) is 4.79 Å². The minimum absolute atomic E-state index is 0.285. The van der Waals surface area contributed by atoms with E-state index in [1.807, 2.05) is 11.4 Å². The third-order valence-electron chi connectivity index (χ3n) is 2.51. The van der Waals surface area contributed by atoms with Crippen molar-refractivity contribution in [2.24, 2.45) is 0 Å². The highest BCUT2D eigenvalue weighted by Gasteiger charge is 2.18. The van der Waals surface area contributed by atoms with Crippen molar-refractivity contribution in [3.8, 4) is 11.6 Å². The second-order valence-electron chi connectivity index (χ2n) is 3.73. The quantitative estimate of drug-likeness (QED) is 0.686. The maximum Gasteiger partial charge on any atom is 0.358 e. The van der Waals surface area contributed by atoms with E-state index in [1.54, 1.807) is 25.3 Å². The van der Waals surface area contributed by atoms with E-state index < -0.39 is 5.97 Å². The van der Waals surface area contributed by atoms with Crippen molar-refractivity contribution < 1.29 is 13.9 Å². The molecule has 3 heterocycles. The number of fused-ring (bicyclic) bond motifs is 1. The first-order chi connectivity index (χ1) is 9.29. The summed E-state index contributed by atoms with van der Waals surface area (Å²) in [7, 11) is 0. The molecule has 0 aliphatic heterocycles. The fraction of sp³-hybridized carbons (Fsp3) is 0.154. The standard InChI is InChI=1S/C13H10N2O3S/c1-2-17-13(16)10-11-8(5-7-19-11)14-12(15-10)9-4-3-6-18-9/h3-7H,2H2,1H3. The Morgan fingerprint density at radius 1 is 1.42 bits per heavy atom. The molecule has 0 atom stereocenters. The summed E-state index contributed by atoms with van der Waals surface area (Å²) in [6.07, 6.45) is 1.54. The Morgan fingerprint density at radius 2 is 2.32 bits per heavy atom. The fourth-order valence-corrected chi connectivity index (χ4v) is 2.53. The molecule has 0 N–H and O–H groups in total. The van der Waals surface area contributed by atoms with Gasteiger partial charge >= 0.3 is 5.97 Å². The Labute approximate surface area is 112 Å². The van der Waals surface area contributed by atoms with Crippen LogP contribution in [0.4, 0.5) is 0 Å². The average Bonchev–Trinajstić information content (AvgIpc) is 3.08. The number of ether oxygens (including phenoxy) is 1. The zero-order chi connectivity index (χ0) is 13.2. The molecule has 0 aromatic carbocycles. The minimum atomic E-state index is -0.440. The van der Waals surface area contributed by atoms with E-state index in [4.69, 9.17) is 9.15 Å². The van der Waals surface area contributed by atoms with Gasteiger partial charge in [0, 0.05) is 0 Å². The highest BCUT2D eigenvalue weighted by Crippen LogP contribution is 2.26. The van der Waals surface area contributed by atoms with Crippen molar-refractivity contribution in [2.45, 2.75) is 6.92 Å². The molecule has 3 aromatic heterocycles. The second kappa shape index (κ2) is 4.81. The Hall–Kier alpha value is -2.21. The number of nitrogens with zero attached hydrogens (tertiary/aromatic N) is 2. The fourth-order valence-electron chi connectivity index (χ4n) is 1.72. The van der Waals surface area contributed by atoms with Crippen LogP contribution in [-0.4, -0.2) is 22.5 Å². The molecule has 0 saturated carbocycles. The first-order valence-corrected chi connectivity index (χ1v) is 6.64. The summed E-state index contributed by atoms with van der Waals surface area (Å²) in [5.41, 5.74) is 1.00. The summed E-state index contributed by atoms with van der Waals surface area (Å²) in [6.45, 7) is 2.07. The lowest BCUT2D eigenvalue weighted by Crippen LogP contribution is -2.08. The predicted molar refractivity (Wildman–Crippen MR) is 71.1 cm³/mol. The first-order valence-electron chi connectivity index (χ1n) is 5.76. The molecule has 5 nitrogen and oxygen atoms in total. The number of furan rings is 1. The van der Waals surface area contributed by atoms with Crippen LogP contribution in [0, 0.1) is 0 Å². The summed E-state index contributed by atoms with van der Waals surface area (Å²) in [4.78, 5) is 20.6. The SMILES string of the molecule is CCOC(=O)c1nc(-c2ccco2)nc2ccsc12. The molecule has 0 spiro atoms. The van der Waals surface area contributed by atoms with E-state index >= 15 is 0 Å². The average molecular weight is 274 g/mol. The van der Waals surface area contributed by atoms with Crippen LogP contribution in [0.25, 0.3) is 21.8 Å². The van der Waals surface area contributed by atoms with Gasteiger partial charge in [-0.2, -0.15) is 0 Å². The van der Waals surface area contributed by atoms with Crippen molar-refractivity contribution in [3.63, 3.8) is 0 Å². The lowest BCUT2D eigenvalue weighted by atomic mass is 10.3. The van der Waals surface area contributed by atoms with Gasteiger partial charge in [-0.1, -0.05) is 0 Å². The highest BCUT2D eigenvalue weighted by molar-refractivity contribution is 7.17. The third kappa shape index (κ3) is 2.10. The number of hydrogen-bond acceptors (Lipinski definition) is 6. The maximum atomic E-state index is 11.9. The van der Waals surface area contributed by atoms with Crippen molar-refractivity contribution >= 4 is 27.5 Å². The van der Waals surface area contributed by atoms with E-state index in [0.29, 0.717) is 18.2 Å². The van der Waals surface area contributed by atoms with Gasteiger partial charge in [0.2, 0.25) is 0 Å². The van der Waals surface area contributed by atoms with Gasteiger partial charge in [-0.3, -0.25) is 0 Å². The minimum Gasteiger partial charge on any atom is -0.461 e. The van der Waals surface area contributed by atoms with Crippen molar-refractivity contribution in [3.05, 3.63) is 35.5 Å². The molecule has 3 rings (SSSR count). The van der Waals surface area contributed by atoms with Gasteiger partial charge in [0.1, 0.15) is 0 Å². The topological polar surface area (TPSA) is 65.2 Å². The van der Waals surface area contributed by atoms with Crippen LogP contribution in [0.1, 0.15) is 17.4 Å². The van der Waals surface area contributed by atoms with E-state index in [-0.39, 0.29) is 5.69 Å². The third-order valence-corrected chi connectivity index (χ3v) is 3.42. The number of hydrogen-bond donors (Lipinski definition) is 0. The molecule has 0 fully saturated rings. The lowest BCUT2D eigenvalue weighted by molar-refractivity contribution is 0.0522. The number of carbonyl (C=O) groups is 1. The summed E-state index contributed by atoms with van der Waals surface area (Å²) in [6, 6.07) is 5.35. The molecule has 19 heavy (non-hydrogen) atoms. The summed E-state index contributed by atoms with van der Waals surface area (Å²) < 4.78 is 11.0. The van der Waals surface area contributed by atoms with Gasteiger partial charge in [-0.15, -0.1) is 11.3 Å². The Bertz CT molecular complexity index is 719. The van der Waals surface area contributed by atoms with Gasteiger partial charge in [0.25, 0.3) is 0 Å². The Kier molecular flexibility index (Phi) is 3.00. The van der Waals surface area contributed by atoms with Crippen LogP contribution in [0.2, 0.25) is 0 Å². The molecule has 0 unspecified atom stereocenters. The van der Waals surface area contributed by atoms with Crippen LogP contribution in [0.3, 0.4) is 0 Å². The molecule has 96 valence electrons. The van der Waals surface area contributed by atoms with E-state index in [0.717, 1.165) is 10.2 Å². The van der Waals surface area contributed by atoms with Crippen LogP contribution in [-0.2, 0) is 4.74 Å². The molecule has 0 aliphatic carbocycles. The van der Waals surface area contributed by atoms with Gasteiger partial charge in [0.05, 0.1) is 23.1 Å². The van der Waals surface area contributed by atoms with E-state index in [2.05, 4.69) is 9.97 Å². The van der Waals surface area contributed by atoms with Gasteiger partial charge in [0.15, 0.2) is 17.3 Å². The number of esters is 1. The Balaban J connectivity index is 2.18. The monoisotopic (exact) mass is 274 g/mol. The van der Waals surface area contributed by atoms with Crippen LogP contribution in [0.15, 0.2) is 34.3 Å². The molecule has 0 amide bonds. The molecule has 0 radical (unpaired) electrons. The van der Waals surface area contributed by atoms with Gasteiger partial charge in [-0.25, -0.2) is 14.8 Å². The van der Waals surface area contributed by atoms with Gasteiger partial charge in [-0.05, 0) is 30.5 Å². The Morgan fingerprint density at radius 3 is 3.05 bits per heavy atom. The summed E-state index contributed by atoms with van der Waals surface area (Å²) in [5.74, 6) is 0.475. The second-order valence-corrected chi connectivity index (χ2v) is 4.64. The molecule has 0 saturated heterocycles. The largest absolute Gasteiger partial charge is 0.461 e. The van der Waals surface area contributed by atoms with Crippen LogP contribution in [0.5, 0.6) is 0 Å². The first kappa shape index (κ1) is 11.9. The van der Waals surface area contributed by atoms with Crippen molar-refractivity contribution in [1.29, 1.82) is 0 Å². The lowest BCUT2D eigenvalue weighted by Gasteiger charge is -2.04. The number of rotatable bonds is 3. The highest BCUT2D eigenvalue weighted by atomic mass is 32.1. The smallest absolute Gasteiger partial charge is 0.358 e. The molecular weight excluding hydrogens is 264 g/mol. The van der Waals surface area contributed by atoms with E-state index in [1.165, 1.54) is 11.3 Å². The maximum absolute atomic E-state index is 11.9. The number of aromatic nitrogens is 2. The summed E-state index contributed by atoms with van der Waals surface area (Å²) in [5, 5.41) is 1.87. The predicted octanol–water partition coefficient (Wildman–Crippen LogP) is 3.13. The zero-order valence-electron chi connectivity index (χ0n) is 10.1. The van der Waals surface area contributed by atoms with Crippen molar-refractivity contribution in [1.82, 2.24) is 9.97 Å². The molecule has 3 aromatic rings. The summed E-state index contributed by atoms with van der Waals surface area (Å²) >= 11 is 1.42. The van der Waals surface area contributed by atoms with Crippen LogP contribution >= 0.6 is 11.3 Å². The van der Waals surface area contributed by atoms with Gasteiger partial charge < -0.3 is 9.15 Å². The van der Waals surface area contributed by atoms with Crippen LogP contribution < -0.4 is 0 Å². The normalized spacial score (nSPS) is 10.8. The molecule has 6 heteroatoms. The molecule has 0 aliphatic rings. The number of thiophene rings is 1. The van der Waals surface area contributed by atoms with Crippen molar-refractivity contribution in [2.75, 3.05) is 6.61 Å². The number of carbonyl (C=O) groups excluding carboxylic acids is 1. The molecule has 0 bridgehead atoms. The molecular formula is C13H10N2O3S.